The van der Waals surface area contributed by atoms with Crippen molar-refractivity contribution < 1.29 is 9.53 Å². The molecule has 114 valence electrons. The van der Waals surface area contributed by atoms with Crippen LogP contribution in [0.1, 0.15) is 23.6 Å². The number of benzene rings is 1. The minimum Gasteiger partial charge on any atom is -0.377 e. The van der Waals surface area contributed by atoms with E-state index in [-0.39, 0.29) is 11.9 Å². The Kier molecular flexibility index (Phi) is 4.81. The molecule has 2 aromatic rings. The molecule has 0 N–H and O–H groups in total. The number of pyridine rings is 1. The molecule has 0 bridgehead atoms. The van der Waals surface area contributed by atoms with Crippen molar-refractivity contribution in [3.05, 3.63) is 66.0 Å². The standard InChI is InChI=1S/C18H20N2O2/c21-18(9-8-15-5-4-10-19-13-15)20-11-12-22-14-17(20)16-6-2-1-3-7-16/h1-7,10,13,17H,8-9,11-12,14H2. The zero-order chi connectivity index (χ0) is 15.2. The van der Waals surface area contributed by atoms with Crippen LogP contribution in [0.5, 0.6) is 0 Å². The predicted octanol–water partition coefficient (Wildman–Crippen LogP) is 2.61. The quantitative estimate of drug-likeness (QED) is 0.871. The maximum Gasteiger partial charge on any atom is 0.223 e. The number of ether oxygens (including phenoxy) is 1. The van der Waals surface area contributed by atoms with Gasteiger partial charge in [-0.2, -0.15) is 0 Å². The fourth-order valence-corrected chi connectivity index (χ4v) is 2.79. The van der Waals surface area contributed by atoms with Gasteiger partial charge in [0, 0.05) is 25.4 Å². The van der Waals surface area contributed by atoms with Crippen LogP contribution in [0.4, 0.5) is 0 Å². The third-order valence-corrected chi connectivity index (χ3v) is 3.98. The smallest absolute Gasteiger partial charge is 0.223 e. The van der Waals surface area contributed by atoms with Crippen molar-refractivity contribution in [3.63, 3.8) is 0 Å². The van der Waals surface area contributed by atoms with Gasteiger partial charge in [-0.15, -0.1) is 0 Å². The number of hydrogen-bond acceptors (Lipinski definition) is 3. The van der Waals surface area contributed by atoms with Gasteiger partial charge in [-0.3, -0.25) is 9.78 Å². The molecule has 0 saturated carbocycles. The highest BCUT2D eigenvalue weighted by Crippen LogP contribution is 2.24. The lowest BCUT2D eigenvalue weighted by atomic mass is 10.0. The van der Waals surface area contributed by atoms with Crippen molar-refractivity contribution in [1.29, 1.82) is 0 Å². The maximum absolute atomic E-state index is 12.6. The average Bonchev–Trinajstić information content (AvgIpc) is 2.61. The Balaban J connectivity index is 1.66. The van der Waals surface area contributed by atoms with Crippen LogP contribution >= 0.6 is 0 Å². The van der Waals surface area contributed by atoms with Crippen LogP contribution in [0.2, 0.25) is 0 Å². The summed E-state index contributed by atoms with van der Waals surface area (Å²) in [5.41, 5.74) is 2.23. The monoisotopic (exact) mass is 296 g/mol. The number of rotatable bonds is 4. The van der Waals surface area contributed by atoms with Crippen LogP contribution < -0.4 is 0 Å². The summed E-state index contributed by atoms with van der Waals surface area (Å²) in [6.07, 6.45) is 4.81. The molecule has 1 aliphatic heterocycles. The molecule has 1 amide bonds. The molecule has 0 spiro atoms. The Morgan fingerprint density at radius 2 is 2.09 bits per heavy atom. The van der Waals surface area contributed by atoms with E-state index in [0.29, 0.717) is 26.2 Å². The summed E-state index contributed by atoms with van der Waals surface area (Å²) in [7, 11) is 0. The lowest BCUT2D eigenvalue weighted by Crippen LogP contribution is -2.43. The number of amides is 1. The molecule has 1 fully saturated rings. The topological polar surface area (TPSA) is 42.4 Å². The van der Waals surface area contributed by atoms with Gasteiger partial charge in [0.25, 0.3) is 0 Å². The molecule has 1 unspecified atom stereocenters. The highest BCUT2D eigenvalue weighted by atomic mass is 16.5. The fraction of sp³-hybridized carbons (Fsp3) is 0.333. The van der Waals surface area contributed by atoms with E-state index in [1.54, 1.807) is 6.20 Å². The minimum absolute atomic E-state index is 0.0244. The third-order valence-electron chi connectivity index (χ3n) is 3.98. The lowest BCUT2D eigenvalue weighted by Gasteiger charge is -2.36. The van der Waals surface area contributed by atoms with Crippen molar-refractivity contribution in [2.75, 3.05) is 19.8 Å². The van der Waals surface area contributed by atoms with Gasteiger partial charge in [-0.1, -0.05) is 36.4 Å². The molecule has 0 aliphatic carbocycles. The molecule has 2 heterocycles. The van der Waals surface area contributed by atoms with Crippen LogP contribution in [0, 0.1) is 0 Å². The number of hydrogen-bond donors (Lipinski definition) is 0. The Morgan fingerprint density at radius 1 is 1.23 bits per heavy atom. The summed E-state index contributed by atoms with van der Waals surface area (Å²) in [4.78, 5) is 18.7. The Labute approximate surface area is 130 Å². The molecule has 1 aromatic carbocycles. The summed E-state index contributed by atoms with van der Waals surface area (Å²) >= 11 is 0. The maximum atomic E-state index is 12.6. The van der Waals surface area contributed by atoms with E-state index in [2.05, 4.69) is 17.1 Å². The lowest BCUT2D eigenvalue weighted by molar-refractivity contribution is -0.140. The van der Waals surface area contributed by atoms with Crippen molar-refractivity contribution >= 4 is 5.91 Å². The largest absolute Gasteiger partial charge is 0.377 e. The molecular weight excluding hydrogens is 276 g/mol. The van der Waals surface area contributed by atoms with E-state index in [4.69, 9.17) is 4.74 Å². The first-order chi connectivity index (χ1) is 10.8. The van der Waals surface area contributed by atoms with E-state index < -0.39 is 0 Å². The summed E-state index contributed by atoms with van der Waals surface area (Å²) in [5.74, 6) is 0.181. The summed E-state index contributed by atoms with van der Waals surface area (Å²) in [5, 5.41) is 0. The number of carbonyl (C=O) groups is 1. The van der Waals surface area contributed by atoms with Crippen LogP contribution in [0.15, 0.2) is 54.9 Å². The van der Waals surface area contributed by atoms with Gasteiger partial charge in [-0.25, -0.2) is 0 Å². The van der Waals surface area contributed by atoms with E-state index in [1.807, 2.05) is 41.4 Å². The molecule has 4 nitrogen and oxygen atoms in total. The molecule has 22 heavy (non-hydrogen) atoms. The first kappa shape index (κ1) is 14.7. The van der Waals surface area contributed by atoms with E-state index in [0.717, 1.165) is 17.5 Å². The van der Waals surface area contributed by atoms with Gasteiger partial charge < -0.3 is 9.64 Å². The first-order valence-corrected chi connectivity index (χ1v) is 7.65. The summed E-state index contributed by atoms with van der Waals surface area (Å²) in [6.45, 7) is 1.84. The van der Waals surface area contributed by atoms with Crippen molar-refractivity contribution in [3.8, 4) is 0 Å². The zero-order valence-corrected chi connectivity index (χ0v) is 12.5. The predicted molar refractivity (Wildman–Crippen MR) is 84.3 cm³/mol. The second-order valence-electron chi connectivity index (χ2n) is 5.45. The summed E-state index contributed by atoms with van der Waals surface area (Å²) < 4.78 is 5.58. The Morgan fingerprint density at radius 3 is 2.86 bits per heavy atom. The minimum atomic E-state index is 0.0244. The molecule has 0 radical (unpaired) electrons. The number of morpholine rings is 1. The van der Waals surface area contributed by atoms with Gasteiger partial charge in [-0.05, 0) is 23.6 Å². The Bertz CT molecular complexity index is 601. The van der Waals surface area contributed by atoms with E-state index >= 15 is 0 Å². The van der Waals surface area contributed by atoms with Gasteiger partial charge in [0.15, 0.2) is 0 Å². The van der Waals surface area contributed by atoms with Crippen LogP contribution in [0.25, 0.3) is 0 Å². The van der Waals surface area contributed by atoms with Crippen LogP contribution in [-0.2, 0) is 16.0 Å². The number of carbonyl (C=O) groups excluding carboxylic acids is 1. The van der Waals surface area contributed by atoms with Gasteiger partial charge in [0.2, 0.25) is 5.91 Å². The van der Waals surface area contributed by atoms with Crippen LogP contribution in [-0.4, -0.2) is 35.5 Å². The van der Waals surface area contributed by atoms with Crippen molar-refractivity contribution in [2.45, 2.75) is 18.9 Å². The average molecular weight is 296 g/mol. The molecule has 4 heteroatoms. The van der Waals surface area contributed by atoms with Crippen molar-refractivity contribution in [1.82, 2.24) is 9.88 Å². The number of aromatic nitrogens is 1. The number of aryl methyl sites for hydroxylation is 1. The highest BCUT2D eigenvalue weighted by molar-refractivity contribution is 5.77. The Hall–Kier alpha value is -2.20. The highest BCUT2D eigenvalue weighted by Gasteiger charge is 2.28. The first-order valence-electron chi connectivity index (χ1n) is 7.65. The van der Waals surface area contributed by atoms with E-state index in [9.17, 15) is 4.79 Å². The normalized spacial score (nSPS) is 18.2. The molecule has 1 saturated heterocycles. The third kappa shape index (κ3) is 3.52. The number of nitrogens with zero attached hydrogens (tertiary/aromatic N) is 2. The second-order valence-corrected chi connectivity index (χ2v) is 5.45. The van der Waals surface area contributed by atoms with Crippen LogP contribution in [0.3, 0.4) is 0 Å². The SMILES string of the molecule is O=C(CCc1cccnc1)N1CCOCC1c1ccccc1. The van der Waals surface area contributed by atoms with Gasteiger partial charge >= 0.3 is 0 Å². The van der Waals surface area contributed by atoms with Gasteiger partial charge in [0.05, 0.1) is 19.3 Å². The fourth-order valence-electron chi connectivity index (χ4n) is 2.79. The van der Waals surface area contributed by atoms with Crippen molar-refractivity contribution in [2.24, 2.45) is 0 Å². The van der Waals surface area contributed by atoms with E-state index in [1.165, 1.54) is 0 Å². The second kappa shape index (κ2) is 7.18. The molecular formula is C18H20N2O2. The molecule has 3 rings (SSSR count). The molecule has 1 aliphatic rings. The zero-order valence-electron chi connectivity index (χ0n) is 12.5. The van der Waals surface area contributed by atoms with Gasteiger partial charge in [0.1, 0.15) is 0 Å². The summed E-state index contributed by atoms with van der Waals surface area (Å²) in [6, 6.07) is 14.0. The molecule has 1 atom stereocenters. The molecule has 1 aromatic heterocycles.